The van der Waals surface area contributed by atoms with Gasteiger partial charge in [-0.3, -0.25) is 24.3 Å². The second kappa shape index (κ2) is 12.7. The smallest absolute Gasteiger partial charge is 0.307 e. The first kappa shape index (κ1) is 30.7. The number of hydrogen-bond acceptors (Lipinski definition) is 7. The number of ether oxygens (including phenoxy) is 1. The van der Waals surface area contributed by atoms with Crippen LogP contribution in [0.1, 0.15) is 72.1 Å². The maximum absolute atomic E-state index is 14.4. The number of carbonyl (C=O) groups is 3. The lowest BCUT2D eigenvalue weighted by Gasteiger charge is -2.43. The first-order valence-corrected chi connectivity index (χ1v) is 17.8. The number of nitrogens with zero attached hydrogens (tertiary/aromatic N) is 4. The van der Waals surface area contributed by atoms with E-state index in [2.05, 4.69) is 32.7 Å². The van der Waals surface area contributed by atoms with Crippen LogP contribution in [0.3, 0.4) is 0 Å². The zero-order valence-electron chi connectivity index (χ0n) is 25.4. The average molecular weight is 696 g/mol. The van der Waals surface area contributed by atoms with Gasteiger partial charge in [0, 0.05) is 54.5 Å². The molecule has 0 spiro atoms. The summed E-state index contributed by atoms with van der Waals surface area (Å²) in [5.74, 6) is -1.57. The molecule has 6 atom stereocenters. The molecule has 9 nitrogen and oxygen atoms in total. The Morgan fingerprint density at radius 2 is 1.89 bits per heavy atom. The number of halogens is 1. The monoisotopic (exact) mass is 694 g/mol. The van der Waals surface area contributed by atoms with Gasteiger partial charge in [0.15, 0.2) is 0 Å². The highest BCUT2D eigenvalue weighted by Crippen LogP contribution is 2.44. The van der Waals surface area contributed by atoms with Crippen LogP contribution in [0.2, 0.25) is 0 Å². The van der Waals surface area contributed by atoms with Crippen LogP contribution in [0.5, 0.6) is 5.75 Å². The lowest BCUT2D eigenvalue weighted by atomic mass is 9.77. The Balaban J connectivity index is 1.22. The quantitative estimate of drug-likeness (QED) is 0.416. The van der Waals surface area contributed by atoms with Crippen LogP contribution in [-0.2, 0) is 22.6 Å². The van der Waals surface area contributed by atoms with Crippen LogP contribution in [-0.4, -0.2) is 86.8 Å². The van der Waals surface area contributed by atoms with Gasteiger partial charge in [-0.25, -0.2) is 0 Å². The number of carbonyl (C=O) groups excluding carboxylic acids is 2. The highest BCUT2D eigenvalue weighted by Gasteiger charge is 2.44. The van der Waals surface area contributed by atoms with Crippen molar-refractivity contribution in [2.75, 3.05) is 26.2 Å². The lowest BCUT2D eigenvalue weighted by Crippen LogP contribution is -2.50. The summed E-state index contributed by atoms with van der Waals surface area (Å²) in [7, 11) is 0. The number of hydrogen-bond donors (Lipinski definition) is 1. The van der Waals surface area contributed by atoms with Crippen LogP contribution in [0.15, 0.2) is 45.9 Å². The first-order valence-electron chi connectivity index (χ1n) is 16.1. The van der Waals surface area contributed by atoms with Crippen molar-refractivity contribution in [3.05, 3.63) is 63.1 Å². The molecule has 1 saturated heterocycles. The number of rotatable bonds is 7. The third-order valence-electron chi connectivity index (χ3n) is 10.1. The molecule has 0 radical (unpaired) electrons. The molecule has 11 heteroatoms. The van der Waals surface area contributed by atoms with Crippen molar-refractivity contribution in [3.8, 4) is 5.75 Å². The summed E-state index contributed by atoms with van der Waals surface area (Å²) < 4.78 is 7.77. The highest BCUT2D eigenvalue weighted by atomic mass is 79.9. The summed E-state index contributed by atoms with van der Waals surface area (Å²) in [6.07, 6.45) is 6.29. The number of carboxylic acids is 1. The summed E-state index contributed by atoms with van der Waals surface area (Å²) in [4.78, 5) is 50.9. The molecule has 7 rings (SSSR count). The molecule has 2 aromatic carbocycles. The molecule has 1 N–H and O–H groups in total. The predicted molar refractivity (Wildman–Crippen MR) is 177 cm³/mol. The van der Waals surface area contributed by atoms with Crippen LogP contribution >= 0.6 is 27.7 Å². The van der Waals surface area contributed by atoms with Gasteiger partial charge in [-0.05, 0) is 61.9 Å². The number of carboxylic acid groups (broad SMARTS) is 1. The van der Waals surface area contributed by atoms with E-state index in [9.17, 15) is 19.5 Å². The number of benzene rings is 2. The number of aliphatic imine (C=N–C) groups is 1. The number of likely N-dealkylation sites (tertiary alicyclic amines) is 1. The molecule has 4 aliphatic heterocycles. The first-order chi connectivity index (χ1) is 21.8. The largest absolute Gasteiger partial charge is 0.489 e. The molecule has 2 amide bonds. The third kappa shape index (κ3) is 5.91. The van der Waals surface area contributed by atoms with Gasteiger partial charge < -0.3 is 19.6 Å². The molecule has 2 aromatic rings. The molecule has 45 heavy (non-hydrogen) atoms. The molecule has 5 aliphatic rings. The number of thioether (sulfide) groups is 1. The molecule has 2 fully saturated rings. The fourth-order valence-electron chi connectivity index (χ4n) is 7.85. The van der Waals surface area contributed by atoms with E-state index in [1.165, 1.54) is 0 Å². The molecule has 238 valence electrons. The van der Waals surface area contributed by atoms with Crippen LogP contribution in [0.25, 0.3) is 0 Å². The molecule has 4 heterocycles. The summed E-state index contributed by atoms with van der Waals surface area (Å²) in [6.45, 7) is 5.08. The van der Waals surface area contributed by atoms with Crippen LogP contribution in [0, 0.1) is 11.8 Å². The summed E-state index contributed by atoms with van der Waals surface area (Å²) in [5.41, 5.74) is 3.70. The molecule has 1 saturated carbocycles. The van der Waals surface area contributed by atoms with Crippen molar-refractivity contribution in [3.63, 3.8) is 0 Å². The topological polar surface area (TPSA) is 103 Å². The summed E-state index contributed by atoms with van der Waals surface area (Å²) in [5, 5.41) is 10.6. The third-order valence-corrected chi connectivity index (χ3v) is 12.1. The Hall–Kier alpha value is -2.89. The molecule has 0 bridgehead atoms. The van der Waals surface area contributed by atoms with Crippen LogP contribution < -0.4 is 4.74 Å². The van der Waals surface area contributed by atoms with E-state index >= 15 is 0 Å². The van der Waals surface area contributed by atoms with Gasteiger partial charge in [0.2, 0.25) is 5.91 Å². The lowest BCUT2D eigenvalue weighted by molar-refractivity contribution is -0.153. The minimum atomic E-state index is -0.899. The fourth-order valence-corrected chi connectivity index (χ4v) is 9.44. The van der Waals surface area contributed by atoms with Crippen molar-refractivity contribution in [2.45, 2.75) is 74.9 Å². The van der Waals surface area contributed by atoms with E-state index in [1.54, 1.807) is 0 Å². The van der Waals surface area contributed by atoms with Gasteiger partial charge >= 0.3 is 5.97 Å². The standard InChI is InChI=1S/C34H39BrN4O5S/c1-20-36-16-30(45-20)37-14-12-22(18-37)44-29-11-10-27(35)26-13-15-39(33(41)24-8-4-5-9-25(24)34(42)43)28(31(26)29)19-38-17-21-6-2-3-7-23(21)32(38)40/h2-3,6-7,10-11,16,20,22,24-25,28,30H,4-5,8-9,12-15,17-19H2,1H3,(H,42,43)/t20?,22-,24+,25-,28+,30?/m0/s1. The van der Waals surface area contributed by atoms with Crippen molar-refractivity contribution in [1.29, 1.82) is 0 Å². The van der Waals surface area contributed by atoms with Gasteiger partial charge in [-0.1, -0.05) is 47.0 Å². The number of amides is 2. The second-order valence-corrected chi connectivity index (χ2v) is 15.2. The molecule has 2 unspecified atom stereocenters. The Morgan fingerprint density at radius 1 is 1.09 bits per heavy atom. The van der Waals surface area contributed by atoms with Crippen molar-refractivity contribution in [1.82, 2.24) is 14.7 Å². The maximum atomic E-state index is 14.4. The average Bonchev–Trinajstić information content (AvgIpc) is 3.77. The van der Waals surface area contributed by atoms with Gasteiger partial charge in [0.1, 0.15) is 11.9 Å². The van der Waals surface area contributed by atoms with E-state index < -0.39 is 23.8 Å². The summed E-state index contributed by atoms with van der Waals surface area (Å²) in [6, 6.07) is 11.2. The van der Waals surface area contributed by atoms with Gasteiger partial charge in [-0.15, -0.1) is 11.8 Å². The number of fused-ring (bicyclic) bond motifs is 2. The minimum Gasteiger partial charge on any atom is -0.489 e. The van der Waals surface area contributed by atoms with Gasteiger partial charge in [-0.2, -0.15) is 0 Å². The normalized spacial score (nSPS) is 29.6. The Labute approximate surface area is 276 Å². The Morgan fingerprint density at radius 3 is 2.64 bits per heavy atom. The van der Waals surface area contributed by atoms with E-state index in [1.807, 2.05) is 64.2 Å². The van der Waals surface area contributed by atoms with Crippen molar-refractivity contribution < 1.29 is 24.2 Å². The van der Waals surface area contributed by atoms with E-state index in [4.69, 9.17) is 4.74 Å². The zero-order chi connectivity index (χ0) is 31.2. The number of aliphatic carboxylic acids is 1. The maximum Gasteiger partial charge on any atom is 0.307 e. The molecular formula is C34H39BrN4O5S. The predicted octanol–water partition coefficient (Wildman–Crippen LogP) is 5.36. The van der Waals surface area contributed by atoms with E-state index in [0.29, 0.717) is 44.5 Å². The molecule has 0 aromatic heterocycles. The SMILES string of the molecule is CC1N=CC(N2CC[C@H](Oc3ccc(Br)c4c3[C@@H](CN3Cc5ccccc5C3=O)N(C(=O)[C@@H]3CCCC[C@@H]3C(=O)O)CC4)C2)S1. The molecular weight excluding hydrogens is 656 g/mol. The fraction of sp³-hybridized carbons (Fsp3) is 0.529. The van der Waals surface area contributed by atoms with Crippen molar-refractivity contribution in [2.24, 2.45) is 16.8 Å². The highest BCUT2D eigenvalue weighted by molar-refractivity contribution is 9.10. The zero-order valence-corrected chi connectivity index (χ0v) is 27.8. The van der Waals surface area contributed by atoms with Gasteiger partial charge in [0.25, 0.3) is 5.91 Å². The second-order valence-electron chi connectivity index (χ2n) is 12.9. The summed E-state index contributed by atoms with van der Waals surface area (Å²) >= 11 is 5.63. The van der Waals surface area contributed by atoms with E-state index in [0.717, 1.165) is 59.3 Å². The molecule has 1 aliphatic carbocycles. The Bertz CT molecular complexity index is 1540. The van der Waals surface area contributed by atoms with Gasteiger partial charge in [0.05, 0.1) is 28.6 Å². The van der Waals surface area contributed by atoms with E-state index in [-0.39, 0.29) is 28.7 Å². The minimum absolute atomic E-state index is 0.0145. The van der Waals surface area contributed by atoms with Crippen LogP contribution in [0.4, 0.5) is 0 Å². The Kier molecular flexibility index (Phi) is 8.69. The van der Waals surface area contributed by atoms with Crippen molar-refractivity contribution >= 4 is 51.7 Å².